The number of thioether (sulfide) groups is 1. The van der Waals surface area contributed by atoms with Crippen molar-refractivity contribution in [2.24, 2.45) is 0 Å². The predicted molar refractivity (Wildman–Crippen MR) is 110 cm³/mol. The number of hydrogen-bond acceptors (Lipinski definition) is 4. The van der Waals surface area contributed by atoms with Gasteiger partial charge in [0, 0.05) is 5.56 Å². The van der Waals surface area contributed by atoms with E-state index in [0.29, 0.717) is 17.3 Å². The number of furan rings is 1. The fourth-order valence-electron chi connectivity index (χ4n) is 2.72. The molecule has 0 saturated carbocycles. The summed E-state index contributed by atoms with van der Waals surface area (Å²) >= 11 is 6.66. The van der Waals surface area contributed by atoms with E-state index in [1.807, 2.05) is 78.9 Å². The second kappa shape index (κ2) is 7.32. The number of thiocarbonyl (C=S) groups is 1. The third kappa shape index (κ3) is 3.49. The lowest BCUT2D eigenvalue weighted by Gasteiger charge is -2.14. The third-order valence-electron chi connectivity index (χ3n) is 4.02. The number of rotatable bonds is 4. The summed E-state index contributed by atoms with van der Waals surface area (Å²) in [5, 5.41) is -0.0556. The molecule has 4 rings (SSSR count). The van der Waals surface area contributed by atoms with Crippen molar-refractivity contribution in [1.29, 1.82) is 0 Å². The van der Waals surface area contributed by atoms with Crippen molar-refractivity contribution >= 4 is 40.3 Å². The number of hydrogen-bond donors (Lipinski definition) is 0. The van der Waals surface area contributed by atoms with E-state index in [2.05, 4.69) is 0 Å². The van der Waals surface area contributed by atoms with Gasteiger partial charge in [0.15, 0.2) is 0 Å². The van der Waals surface area contributed by atoms with E-state index in [4.69, 9.17) is 16.6 Å². The van der Waals surface area contributed by atoms with Gasteiger partial charge >= 0.3 is 0 Å². The van der Waals surface area contributed by atoms with Crippen LogP contribution >= 0.6 is 24.0 Å². The summed E-state index contributed by atoms with van der Waals surface area (Å²) < 4.78 is 5.89. The summed E-state index contributed by atoms with van der Waals surface area (Å²) in [4.78, 5) is 15.3. The van der Waals surface area contributed by atoms with Crippen LogP contribution in [0.3, 0.4) is 0 Å². The molecule has 1 aliphatic rings. The number of benzene rings is 2. The van der Waals surface area contributed by atoms with Gasteiger partial charge in [-0.1, -0.05) is 72.9 Å². The van der Waals surface area contributed by atoms with Gasteiger partial charge < -0.3 is 4.42 Å². The second-order valence-electron chi connectivity index (χ2n) is 5.82. The normalized spacial score (nSPS) is 15.8. The van der Waals surface area contributed by atoms with Crippen molar-refractivity contribution in [2.75, 3.05) is 0 Å². The lowest BCUT2D eigenvalue weighted by atomic mass is 10.2. The zero-order chi connectivity index (χ0) is 17.9. The summed E-state index contributed by atoms with van der Waals surface area (Å²) in [6.07, 6.45) is 1.84. The van der Waals surface area contributed by atoms with Crippen LogP contribution in [-0.4, -0.2) is 15.1 Å². The molecule has 3 aromatic rings. The topological polar surface area (TPSA) is 33.5 Å². The molecule has 1 fully saturated rings. The Kier molecular flexibility index (Phi) is 4.73. The molecule has 0 aliphatic carbocycles. The molecule has 1 amide bonds. The van der Waals surface area contributed by atoms with Crippen LogP contribution in [0, 0.1) is 0 Å². The maximum atomic E-state index is 12.3. The Bertz CT molecular complexity index is 978. The van der Waals surface area contributed by atoms with Crippen LogP contribution in [0.2, 0.25) is 0 Å². The lowest BCUT2D eigenvalue weighted by molar-refractivity contribution is 0.244. The summed E-state index contributed by atoms with van der Waals surface area (Å²) in [5.41, 5.74) is 2.06. The molecule has 1 aromatic heterocycles. The van der Waals surface area contributed by atoms with Gasteiger partial charge in [-0.15, -0.1) is 0 Å². The Morgan fingerprint density at radius 2 is 1.65 bits per heavy atom. The predicted octanol–water partition coefficient (Wildman–Crippen LogP) is 5.98. The molecule has 1 saturated heterocycles. The van der Waals surface area contributed by atoms with Crippen LogP contribution in [0.4, 0.5) is 4.79 Å². The molecule has 0 bridgehead atoms. The molecule has 0 unspecified atom stereocenters. The Morgan fingerprint density at radius 1 is 0.962 bits per heavy atom. The van der Waals surface area contributed by atoms with Crippen LogP contribution in [0.1, 0.15) is 11.3 Å². The van der Waals surface area contributed by atoms with E-state index in [1.54, 1.807) is 4.90 Å². The molecule has 0 radical (unpaired) electrons. The highest BCUT2D eigenvalue weighted by Crippen LogP contribution is 2.35. The van der Waals surface area contributed by atoms with E-state index in [1.165, 1.54) is 0 Å². The van der Waals surface area contributed by atoms with E-state index in [0.717, 1.165) is 33.6 Å². The SMILES string of the molecule is O=C1SC(=Cc2ccc(-c3ccccc3)o2)C(=S)N1Cc1ccccc1. The van der Waals surface area contributed by atoms with Gasteiger partial charge in [0.2, 0.25) is 0 Å². The number of nitrogens with zero attached hydrogens (tertiary/aromatic N) is 1. The molecule has 0 spiro atoms. The standard InChI is InChI=1S/C21H15NO2S2/c23-21-22(14-15-7-3-1-4-8-15)20(25)19(26-21)13-17-11-12-18(24-17)16-9-5-2-6-10-16/h1-13H,14H2. The Labute approximate surface area is 161 Å². The minimum atomic E-state index is -0.0556. The highest BCUT2D eigenvalue weighted by Gasteiger charge is 2.31. The second-order valence-corrected chi connectivity index (χ2v) is 7.20. The zero-order valence-electron chi connectivity index (χ0n) is 13.8. The molecule has 2 aromatic carbocycles. The van der Waals surface area contributed by atoms with E-state index >= 15 is 0 Å². The summed E-state index contributed by atoms with van der Waals surface area (Å²) in [5.74, 6) is 1.47. The van der Waals surface area contributed by atoms with Gasteiger partial charge in [-0.3, -0.25) is 9.69 Å². The molecule has 0 atom stereocenters. The van der Waals surface area contributed by atoms with Crippen molar-refractivity contribution in [1.82, 2.24) is 4.90 Å². The van der Waals surface area contributed by atoms with Crippen molar-refractivity contribution < 1.29 is 9.21 Å². The average molecular weight is 377 g/mol. The molecule has 128 valence electrons. The third-order valence-corrected chi connectivity index (χ3v) is 5.51. The summed E-state index contributed by atoms with van der Waals surface area (Å²) in [6, 6.07) is 23.6. The first-order chi connectivity index (χ1) is 12.7. The number of carbonyl (C=O) groups excluding carboxylic acids is 1. The van der Waals surface area contributed by atoms with Crippen LogP contribution in [0.5, 0.6) is 0 Å². The summed E-state index contributed by atoms with van der Waals surface area (Å²) in [6.45, 7) is 0.482. The Balaban J connectivity index is 1.54. The van der Waals surface area contributed by atoms with Crippen molar-refractivity contribution in [3.05, 3.63) is 89.0 Å². The van der Waals surface area contributed by atoms with Gasteiger partial charge in [-0.2, -0.15) is 0 Å². The maximum Gasteiger partial charge on any atom is 0.291 e. The fourth-order valence-corrected chi connectivity index (χ4v) is 3.94. The highest BCUT2D eigenvalue weighted by atomic mass is 32.2. The van der Waals surface area contributed by atoms with Crippen LogP contribution in [0.15, 0.2) is 82.1 Å². The first kappa shape index (κ1) is 16.8. The monoisotopic (exact) mass is 377 g/mol. The maximum absolute atomic E-state index is 12.3. The Morgan fingerprint density at radius 3 is 2.38 bits per heavy atom. The van der Waals surface area contributed by atoms with E-state index < -0.39 is 0 Å². The fraction of sp³-hybridized carbons (Fsp3) is 0.0476. The molecule has 0 N–H and O–H groups in total. The van der Waals surface area contributed by atoms with Crippen LogP contribution in [0.25, 0.3) is 17.4 Å². The highest BCUT2D eigenvalue weighted by molar-refractivity contribution is 8.19. The molecule has 2 heterocycles. The molecule has 3 nitrogen and oxygen atoms in total. The number of carbonyl (C=O) groups is 1. The zero-order valence-corrected chi connectivity index (χ0v) is 15.4. The smallest absolute Gasteiger partial charge is 0.291 e. The van der Waals surface area contributed by atoms with Gasteiger partial charge in [-0.05, 0) is 35.5 Å². The quantitative estimate of drug-likeness (QED) is 0.413. The molecule has 26 heavy (non-hydrogen) atoms. The van der Waals surface area contributed by atoms with Gasteiger partial charge in [-0.25, -0.2) is 0 Å². The molecular weight excluding hydrogens is 362 g/mol. The molecular formula is C21H15NO2S2. The lowest BCUT2D eigenvalue weighted by Crippen LogP contribution is -2.26. The first-order valence-electron chi connectivity index (χ1n) is 8.15. The first-order valence-corrected chi connectivity index (χ1v) is 9.38. The Hall–Kier alpha value is -2.63. The van der Waals surface area contributed by atoms with Gasteiger partial charge in [0.1, 0.15) is 16.5 Å². The van der Waals surface area contributed by atoms with E-state index in [9.17, 15) is 4.79 Å². The largest absolute Gasteiger partial charge is 0.457 e. The van der Waals surface area contributed by atoms with Crippen molar-refractivity contribution in [3.8, 4) is 11.3 Å². The average Bonchev–Trinajstić information content (AvgIpc) is 3.24. The number of amides is 1. The van der Waals surface area contributed by atoms with Crippen LogP contribution in [-0.2, 0) is 6.54 Å². The van der Waals surface area contributed by atoms with Gasteiger partial charge in [0.05, 0.1) is 11.4 Å². The van der Waals surface area contributed by atoms with E-state index in [-0.39, 0.29) is 5.24 Å². The molecule has 5 heteroatoms. The minimum Gasteiger partial charge on any atom is -0.457 e. The minimum absolute atomic E-state index is 0.0556. The van der Waals surface area contributed by atoms with Crippen LogP contribution < -0.4 is 0 Å². The summed E-state index contributed by atoms with van der Waals surface area (Å²) in [7, 11) is 0. The molecule has 1 aliphatic heterocycles. The van der Waals surface area contributed by atoms with Crippen molar-refractivity contribution in [2.45, 2.75) is 6.54 Å². The van der Waals surface area contributed by atoms with Crippen molar-refractivity contribution in [3.63, 3.8) is 0 Å². The van der Waals surface area contributed by atoms with Gasteiger partial charge in [0.25, 0.3) is 5.24 Å².